The SMILES string of the molecule is C=CC1CN(C(C)=N/C(=C(\C)CC(C)C)c2ccc(C)c(C)c2)CCN1Cc1ccccc1.CC.CC=O.CCC. The molecule has 228 valence electrons. The van der Waals surface area contributed by atoms with Crippen molar-refractivity contribution in [2.45, 2.75) is 102 Å². The van der Waals surface area contributed by atoms with Crippen LogP contribution >= 0.6 is 0 Å². The summed E-state index contributed by atoms with van der Waals surface area (Å²) in [7, 11) is 0. The van der Waals surface area contributed by atoms with Crippen molar-refractivity contribution in [3.05, 3.63) is 89.0 Å². The Morgan fingerprint density at radius 1 is 1.02 bits per heavy atom. The number of aldehydes is 1. The van der Waals surface area contributed by atoms with Gasteiger partial charge in [0.05, 0.1) is 5.70 Å². The van der Waals surface area contributed by atoms with Gasteiger partial charge in [0.2, 0.25) is 0 Å². The van der Waals surface area contributed by atoms with Crippen molar-refractivity contribution in [3.63, 3.8) is 0 Å². The van der Waals surface area contributed by atoms with Crippen LogP contribution in [0.3, 0.4) is 0 Å². The summed E-state index contributed by atoms with van der Waals surface area (Å²) in [6, 6.07) is 17.8. The molecule has 2 aromatic rings. The van der Waals surface area contributed by atoms with Gasteiger partial charge in [0.1, 0.15) is 12.1 Å². The summed E-state index contributed by atoms with van der Waals surface area (Å²) in [6.45, 7) is 31.0. The van der Waals surface area contributed by atoms with Crippen LogP contribution in [0.2, 0.25) is 0 Å². The van der Waals surface area contributed by atoms with Gasteiger partial charge in [-0.3, -0.25) is 4.90 Å². The van der Waals surface area contributed by atoms with Crippen LogP contribution in [0.15, 0.2) is 71.8 Å². The summed E-state index contributed by atoms with van der Waals surface area (Å²) in [4.78, 5) is 19.0. The van der Waals surface area contributed by atoms with Gasteiger partial charge in [0, 0.05) is 37.8 Å². The molecule has 4 heteroatoms. The van der Waals surface area contributed by atoms with E-state index in [0.29, 0.717) is 12.0 Å². The summed E-state index contributed by atoms with van der Waals surface area (Å²) < 4.78 is 0. The summed E-state index contributed by atoms with van der Waals surface area (Å²) in [5, 5.41) is 0. The molecule has 0 amide bonds. The number of carbonyl (C=O) groups is 1. The smallest absolute Gasteiger partial charge is 0.116 e. The number of amidine groups is 1. The predicted octanol–water partition coefficient (Wildman–Crippen LogP) is 9.52. The zero-order valence-corrected chi connectivity index (χ0v) is 28.1. The van der Waals surface area contributed by atoms with Gasteiger partial charge in [-0.2, -0.15) is 0 Å². The van der Waals surface area contributed by atoms with E-state index in [4.69, 9.17) is 9.79 Å². The normalized spacial score (nSPS) is 15.8. The Balaban J connectivity index is 0.00000180. The van der Waals surface area contributed by atoms with Crippen molar-refractivity contribution in [1.82, 2.24) is 9.80 Å². The number of carbonyl (C=O) groups excluding carboxylic acids is 1. The third kappa shape index (κ3) is 14.0. The highest BCUT2D eigenvalue weighted by atomic mass is 16.1. The number of hydrogen-bond donors (Lipinski definition) is 0. The molecule has 1 unspecified atom stereocenters. The highest BCUT2D eigenvalue weighted by Gasteiger charge is 2.26. The minimum atomic E-state index is 0.315. The lowest BCUT2D eigenvalue weighted by molar-refractivity contribution is -0.106. The quantitative estimate of drug-likeness (QED) is 0.146. The number of aryl methyl sites for hydroxylation is 2. The maximum absolute atomic E-state index is 8.81. The Kier molecular flexibility index (Phi) is 20.1. The maximum atomic E-state index is 8.81. The van der Waals surface area contributed by atoms with Crippen molar-refractivity contribution in [2.24, 2.45) is 10.9 Å². The zero-order valence-electron chi connectivity index (χ0n) is 28.1. The molecule has 1 heterocycles. The second-order valence-corrected chi connectivity index (χ2v) is 10.8. The molecule has 4 nitrogen and oxygen atoms in total. The first-order chi connectivity index (χ1) is 19.6. The van der Waals surface area contributed by atoms with E-state index in [2.05, 4.69) is 126 Å². The second-order valence-electron chi connectivity index (χ2n) is 10.8. The van der Waals surface area contributed by atoms with Crippen LogP contribution in [-0.2, 0) is 11.3 Å². The molecule has 0 saturated carbocycles. The topological polar surface area (TPSA) is 35.9 Å². The molecule has 0 bridgehead atoms. The number of aliphatic imine (C=N–C) groups is 1. The lowest BCUT2D eigenvalue weighted by Gasteiger charge is -2.41. The van der Waals surface area contributed by atoms with Crippen LogP contribution in [0, 0.1) is 19.8 Å². The molecule has 0 radical (unpaired) electrons. The van der Waals surface area contributed by atoms with E-state index in [1.807, 2.05) is 13.8 Å². The molecule has 0 N–H and O–H groups in total. The first-order valence-electron chi connectivity index (χ1n) is 15.5. The number of piperazine rings is 1. The summed E-state index contributed by atoms with van der Waals surface area (Å²) in [6.07, 6.45) is 5.14. The maximum Gasteiger partial charge on any atom is 0.116 e. The van der Waals surface area contributed by atoms with E-state index in [1.165, 1.54) is 41.2 Å². The van der Waals surface area contributed by atoms with Gasteiger partial charge in [-0.15, -0.1) is 6.58 Å². The van der Waals surface area contributed by atoms with Crippen LogP contribution in [0.4, 0.5) is 0 Å². The fourth-order valence-electron chi connectivity index (χ4n) is 4.62. The minimum Gasteiger partial charge on any atom is -0.357 e. The predicted molar refractivity (Wildman–Crippen MR) is 183 cm³/mol. The van der Waals surface area contributed by atoms with Crippen LogP contribution in [0.5, 0.6) is 0 Å². The molecular weight excluding hydrogens is 502 g/mol. The third-order valence-electron chi connectivity index (χ3n) is 6.66. The fraction of sp³-hybridized carbons (Fsp3) is 0.514. The molecule has 1 aliphatic rings. The molecule has 2 aromatic carbocycles. The first-order valence-corrected chi connectivity index (χ1v) is 15.5. The molecule has 0 aromatic heterocycles. The van der Waals surface area contributed by atoms with E-state index in [1.54, 1.807) is 0 Å². The Labute approximate surface area is 253 Å². The van der Waals surface area contributed by atoms with Crippen LogP contribution in [-0.4, -0.2) is 47.6 Å². The third-order valence-corrected chi connectivity index (χ3v) is 6.66. The molecule has 0 spiro atoms. The number of rotatable bonds is 7. The van der Waals surface area contributed by atoms with Gasteiger partial charge in [-0.1, -0.05) is 96.5 Å². The molecule has 1 atom stereocenters. The van der Waals surface area contributed by atoms with Crippen LogP contribution in [0.1, 0.15) is 97.4 Å². The highest BCUT2D eigenvalue weighted by molar-refractivity contribution is 5.87. The number of nitrogens with zero attached hydrogens (tertiary/aromatic N) is 3. The Morgan fingerprint density at radius 2 is 1.61 bits per heavy atom. The van der Waals surface area contributed by atoms with E-state index < -0.39 is 0 Å². The molecule has 41 heavy (non-hydrogen) atoms. The highest BCUT2D eigenvalue weighted by Crippen LogP contribution is 2.27. The largest absolute Gasteiger partial charge is 0.357 e. The van der Waals surface area contributed by atoms with Crippen LogP contribution in [0.25, 0.3) is 5.70 Å². The summed E-state index contributed by atoms with van der Waals surface area (Å²) >= 11 is 0. The molecule has 1 saturated heterocycles. The van der Waals surface area contributed by atoms with Gasteiger partial charge >= 0.3 is 0 Å². The lowest BCUT2D eigenvalue weighted by Crippen LogP contribution is -2.53. The van der Waals surface area contributed by atoms with Crippen molar-refractivity contribution >= 4 is 17.8 Å². The Hall–Kier alpha value is -2.98. The Morgan fingerprint density at radius 3 is 2.12 bits per heavy atom. The van der Waals surface area contributed by atoms with Crippen molar-refractivity contribution in [2.75, 3.05) is 19.6 Å². The van der Waals surface area contributed by atoms with Crippen molar-refractivity contribution < 1.29 is 4.79 Å². The Bertz CT molecular complexity index is 1070. The first kappa shape index (κ1) is 38.0. The van der Waals surface area contributed by atoms with Gasteiger partial charge in [-0.05, 0) is 75.3 Å². The van der Waals surface area contributed by atoms with Crippen molar-refractivity contribution in [1.29, 1.82) is 0 Å². The minimum absolute atomic E-state index is 0.315. The van der Waals surface area contributed by atoms with E-state index >= 15 is 0 Å². The fourth-order valence-corrected chi connectivity index (χ4v) is 4.62. The molecular formula is C37H59N3O. The summed E-state index contributed by atoms with van der Waals surface area (Å²) in [5.74, 6) is 1.70. The van der Waals surface area contributed by atoms with Gasteiger partial charge in [0.15, 0.2) is 0 Å². The summed E-state index contributed by atoms with van der Waals surface area (Å²) in [5.41, 5.74) is 7.70. The monoisotopic (exact) mass is 561 g/mol. The number of hydrogen-bond acceptors (Lipinski definition) is 3. The number of allylic oxidation sites excluding steroid dienone is 1. The van der Waals surface area contributed by atoms with E-state index in [-0.39, 0.29) is 0 Å². The van der Waals surface area contributed by atoms with Gasteiger partial charge < -0.3 is 9.69 Å². The average molecular weight is 562 g/mol. The molecule has 1 fully saturated rings. The number of benzene rings is 2. The van der Waals surface area contributed by atoms with Crippen molar-refractivity contribution in [3.8, 4) is 0 Å². The van der Waals surface area contributed by atoms with E-state index in [9.17, 15) is 0 Å². The zero-order chi connectivity index (χ0) is 31.4. The molecule has 0 aliphatic carbocycles. The molecule has 1 aliphatic heterocycles. The average Bonchev–Trinajstić information content (AvgIpc) is 2.95. The van der Waals surface area contributed by atoms with Gasteiger partial charge in [-0.25, -0.2) is 4.99 Å². The standard InChI is InChI=1S/C30H41N3.C3H8.C2H4O.C2H6/c1-8-29-21-32(16-17-33(29)20-27-12-10-9-11-13-27)26(7)31-30(25(6)18-22(2)3)28-15-14-23(4)24(5)19-28;1-3-2;1-2-3;1-2/h8-15,19,22,29H,1,16-18,20-21H2,2-7H3;3H2,1-2H3;2H,1H3;1-2H3/b30-25+,31-26?;;;. The van der Waals surface area contributed by atoms with E-state index in [0.717, 1.165) is 50.4 Å². The van der Waals surface area contributed by atoms with Crippen LogP contribution < -0.4 is 0 Å². The molecule has 3 rings (SSSR count). The lowest BCUT2D eigenvalue weighted by atomic mass is 9.97. The second kappa shape index (κ2) is 21.7. The van der Waals surface area contributed by atoms with Gasteiger partial charge in [0.25, 0.3) is 0 Å².